The zero-order valence-electron chi connectivity index (χ0n) is 14.3. The zero-order valence-corrected chi connectivity index (χ0v) is 16.7. The average molecular weight is 443 g/mol. The summed E-state index contributed by atoms with van der Waals surface area (Å²) < 4.78 is 39.0. The summed E-state index contributed by atoms with van der Waals surface area (Å²) >= 11 is 8.83. The number of alkyl halides is 3. The molecule has 3 aromatic rings. The van der Waals surface area contributed by atoms with Gasteiger partial charge in [0.2, 0.25) is 5.91 Å². The number of carbonyl (C=O) groups is 1. The first kappa shape index (κ1) is 20.7. The van der Waals surface area contributed by atoms with E-state index in [1.165, 1.54) is 23.5 Å². The largest absolute Gasteiger partial charge is 0.416 e. The molecule has 146 valence electrons. The Balaban J connectivity index is 1.54. The number of halogens is 4. The van der Waals surface area contributed by atoms with Crippen molar-refractivity contribution < 1.29 is 18.0 Å². The van der Waals surface area contributed by atoms with E-state index >= 15 is 0 Å². The van der Waals surface area contributed by atoms with Crippen molar-refractivity contribution in [1.29, 1.82) is 0 Å². The molecule has 28 heavy (non-hydrogen) atoms. The predicted octanol–water partition coefficient (Wildman–Crippen LogP) is 6.29. The van der Waals surface area contributed by atoms with E-state index in [1.54, 1.807) is 17.1 Å². The molecular formula is C19H14ClF3N2OS2. The molecule has 1 N–H and O–H groups in total. The zero-order chi connectivity index (χ0) is 20.1. The number of aromatic nitrogens is 1. The van der Waals surface area contributed by atoms with Gasteiger partial charge in [-0.3, -0.25) is 4.79 Å². The maximum atomic E-state index is 12.7. The van der Waals surface area contributed by atoms with Crippen molar-refractivity contribution >= 4 is 46.3 Å². The van der Waals surface area contributed by atoms with Gasteiger partial charge in [-0.2, -0.15) is 13.2 Å². The van der Waals surface area contributed by atoms with Crippen molar-refractivity contribution in [2.75, 3.05) is 5.32 Å². The van der Waals surface area contributed by atoms with Crippen LogP contribution in [0.4, 0.5) is 18.9 Å². The first-order valence-corrected chi connectivity index (χ1v) is 10.3. The second-order valence-corrected chi connectivity index (χ2v) is 8.34. The first-order chi connectivity index (χ1) is 13.3. The molecule has 0 spiro atoms. The smallest absolute Gasteiger partial charge is 0.326 e. The SMILES string of the molecule is O=C(Cc1csc(SCc2ccc(Cl)cc2)n1)Nc1cccc(C(F)(F)F)c1. The molecule has 0 radical (unpaired) electrons. The monoisotopic (exact) mass is 442 g/mol. The molecule has 9 heteroatoms. The fourth-order valence-electron chi connectivity index (χ4n) is 2.30. The molecule has 3 rings (SSSR count). The normalized spacial score (nSPS) is 11.4. The third kappa shape index (κ3) is 5.98. The maximum Gasteiger partial charge on any atom is 0.416 e. The summed E-state index contributed by atoms with van der Waals surface area (Å²) in [7, 11) is 0. The van der Waals surface area contributed by atoms with Crippen LogP contribution in [0.5, 0.6) is 0 Å². The Morgan fingerprint density at radius 2 is 1.93 bits per heavy atom. The predicted molar refractivity (Wildman–Crippen MR) is 107 cm³/mol. The molecule has 1 heterocycles. The van der Waals surface area contributed by atoms with Gasteiger partial charge in [0.1, 0.15) is 4.34 Å². The van der Waals surface area contributed by atoms with E-state index in [0.717, 1.165) is 27.8 Å². The van der Waals surface area contributed by atoms with Crippen LogP contribution in [0.2, 0.25) is 5.02 Å². The van der Waals surface area contributed by atoms with E-state index in [9.17, 15) is 18.0 Å². The van der Waals surface area contributed by atoms with Crippen molar-refractivity contribution in [2.24, 2.45) is 0 Å². The maximum absolute atomic E-state index is 12.7. The van der Waals surface area contributed by atoms with Crippen LogP contribution in [0.3, 0.4) is 0 Å². The topological polar surface area (TPSA) is 42.0 Å². The Bertz CT molecular complexity index is 958. The second kappa shape index (κ2) is 8.98. The van der Waals surface area contributed by atoms with Gasteiger partial charge in [-0.15, -0.1) is 11.3 Å². The molecular weight excluding hydrogens is 429 g/mol. The number of anilines is 1. The van der Waals surface area contributed by atoms with Crippen LogP contribution in [0, 0.1) is 0 Å². The number of carbonyl (C=O) groups excluding carboxylic acids is 1. The van der Waals surface area contributed by atoms with Gasteiger partial charge >= 0.3 is 6.18 Å². The third-order valence-electron chi connectivity index (χ3n) is 3.62. The van der Waals surface area contributed by atoms with E-state index in [2.05, 4.69) is 10.3 Å². The standard InChI is InChI=1S/C19H14ClF3N2OS2/c20-14-6-4-12(5-7-14)10-27-18-25-16(11-28-18)9-17(26)24-15-3-1-2-13(8-15)19(21,22)23/h1-8,11H,9-10H2,(H,24,26). The van der Waals surface area contributed by atoms with Gasteiger partial charge < -0.3 is 5.32 Å². The number of benzene rings is 2. The number of thioether (sulfide) groups is 1. The molecule has 0 atom stereocenters. The van der Waals surface area contributed by atoms with Crippen LogP contribution in [0.25, 0.3) is 0 Å². The minimum Gasteiger partial charge on any atom is -0.326 e. The van der Waals surface area contributed by atoms with Crippen LogP contribution in [-0.2, 0) is 23.1 Å². The summed E-state index contributed by atoms with van der Waals surface area (Å²) in [5.41, 5.74) is 0.980. The summed E-state index contributed by atoms with van der Waals surface area (Å²) in [6.45, 7) is 0. The molecule has 0 fully saturated rings. The van der Waals surface area contributed by atoms with Gasteiger partial charge in [-0.1, -0.05) is 41.6 Å². The van der Waals surface area contributed by atoms with Gasteiger partial charge in [0.25, 0.3) is 0 Å². The molecule has 1 amide bonds. The molecule has 2 aromatic carbocycles. The minimum atomic E-state index is -4.45. The van der Waals surface area contributed by atoms with Crippen LogP contribution in [-0.4, -0.2) is 10.9 Å². The Morgan fingerprint density at radius 1 is 1.18 bits per heavy atom. The molecule has 1 aromatic heterocycles. The summed E-state index contributed by atoms with van der Waals surface area (Å²) in [6, 6.07) is 12.1. The van der Waals surface area contributed by atoms with E-state index in [-0.39, 0.29) is 12.1 Å². The Hall–Kier alpha value is -2.03. The lowest BCUT2D eigenvalue weighted by molar-refractivity contribution is -0.137. The third-order valence-corrected chi connectivity index (χ3v) is 6.01. The van der Waals surface area contributed by atoms with Gasteiger partial charge in [0.15, 0.2) is 0 Å². The van der Waals surface area contributed by atoms with Crippen molar-refractivity contribution in [3.63, 3.8) is 0 Å². The Morgan fingerprint density at radius 3 is 2.64 bits per heavy atom. The highest BCUT2D eigenvalue weighted by Gasteiger charge is 2.30. The number of amides is 1. The summed E-state index contributed by atoms with van der Waals surface area (Å²) in [6.07, 6.45) is -4.46. The van der Waals surface area contributed by atoms with Gasteiger partial charge in [-0.25, -0.2) is 4.98 Å². The van der Waals surface area contributed by atoms with Crippen molar-refractivity contribution in [1.82, 2.24) is 4.98 Å². The van der Waals surface area contributed by atoms with E-state index in [1.807, 2.05) is 24.3 Å². The number of thiazole rings is 1. The van der Waals surface area contributed by atoms with Gasteiger partial charge in [-0.05, 0) is 35.9 Å². The fourth-order valence-corrected chi connectivity index (χ4v) is 4.23. The summed E-state index contributed by atoms with van der Waals surface area (Å²) in [5, 5.41) is 4.93. The van der Waals surface area contributed by atoms with Crippen LogP contribution in [0.1, 0.15) is 16.8 Å². The van der Waals surface area contributed by atoms with Gasteiger partial charge in [0.05, 0.1) is 17.7 Å². The molecule has 0 unspecified atom stereocenters. The second-order valence-electron chi connectivity index (χ2n) is 5.82. The molecule has 0 aliphatic carbocycles. The number of rotatable bonds is 6. The molecule has 0 aliphatic heterocycles. The lowest BCUT2D eigenvalue weighted by atomic mass is 10.2. The molecule has 0 bridgehead atoms. The molecule has 0 aliphatic rings. The molecule has 0 saturated heterocycles. The highest BCUT2D eigenvalue weighted by molar-refractivity contribution is 8.00. The number of hydrogen-bond donors (Lipinski definition) is 1. The summed E-state index contributed by atoms with van der Waals surface area (Å²) in [4.78, 5) is 16.5. The van der Waals surface area contributed by atoms with Crippen LogP contribution in [0.15, 0.2) is 58.3 Å². The van der Waals surface area contributed by atoms with Crippen molar-refractivity contribution in [3.8, 4) is 0 Å². The molecule has 0 saturated carbocycles. The Labute approximate surface area is 172 Å². The highest BCUT2D eigenvalue weighted by atomic mass is 35.5. The van der Waals surface area contributed by atoms with Crippen molar-refractivity contribution in [2.45, 2.75) is 22.7 Å². The highest BCUT2D eigenvalue weighted by Crippen LogP contribution is 2.31. The quantitative estimate of drug-likeness (QED) is 0.456. The Kier molecular flexibility index (Phi) is 6.64. The van der Waals surface area contributed by atoms with Crippen LogP contribution >= 0.6 is 34.7 Å². The van der Waals surface area contributed by atoms with E-state index in [4.69, 9.17) is 11.6 Å². The fraction of sp³-hybridized carbons (Fsp3) is 0.158. The lowest BCUT2D eigenvalue weighted by Gasteiger charge is -2.09. The van der Waals surface area contributed by atoms with Crippen LogP contribution < -0.4 is 5.32 Å². The van der Waals surface area contributed by atoms with Gasteiger partial charge in [0, 0.05) is 21.8 Å². The van der Waals surface area contributed by atoms with Crippen molar-refractivity contribution in [3.05, 3.63) is 75.8 Å². The summed E-state index contributed by atoms with van der Waals surface area (Å²) in [5.74, 6) is 0.305. The number of nitrogens with zero attached hydrogens (tertiary/aromatic N) is 1. The first-order valence-electron chi connectivity index (χ1n) is 8.08. The average Bonchev–Trinajstić information content (AvgIpc) is 3.08. The number of hydrogen-bond acceptors (Lipinski definition) is 4. The van der Waals surface area contributed by atoms with E-state index in [0.29, 0.717) is 10.7 Å². The molecule has 3 nitrogen and oxygen atoms in total. The minimum absolute atomic E-state index is 0.00570. The number of nitrogens with one attached hydrogen (secondary N) is 1. The van der Waals surface area contributed by atoms with E-state index < -0.39 is 17.6 Å². The lowest BCUT2D eigenvalue weighted by Crippen LogP contribution is -2.15.